The summed E-state index contributed by atoms with van der Waals surface area (Å²) < 4.78 is 0. The lowest BCUT2D eigenvalue weighted by molar-refractivity contribution is 1.21. The molecule has 6 heterocycles. The Bertz CT molecular complexity index is 3460. The molecule has 384 valence electrons. The average molecular weight is 1020 g/mol. The molecule has 12 rings (SSSR count). The lowest BCUT2D eigenvalue weighted by Crippen LogP contribution is -1.87. The number of aromatic nitrogens is 6. The van der Waals surface area contributed by atoms with Crippen molar-refractivity contribution in [1.29, 1.82) is 0 Å². The molecule has 0 unspecified atom stereocenters. The van der Waals surface area contributed by atoms with Gasteiger partial charge in [0.2, 0.25) is 0 Å². The molecule has 0 saturated carbocycles. The lowest BCUT2D eigenvalue weighted by atomic mass is 10.1. The van der Waals surface area contributed by atoms with Gasteiger partial charge in [-0.1, -0.05) is 206 Å². The van der Waals surface area contributed by atoms with Gasteiger partial charge in [-0.05, 0) is 124 Å². The highest BCUT2D eigenvalue weighted by Gasteiger charge is 2.03. The predicted molar refractivity (Wildman–Crippen MR) is 326 cm³/mol. The van der Waals surface area contributed by atoms with Gasteiger partial charge < -0.3 is 0 Å². The van der Waals surface area contributed by atoms with Crippen molar-refractivity contribution in [3.63, 3.8) is 0 Å². The van der Waals surface area contributed by atoms with Gasteiger partial charge in [-0.15, -0.1) is 0 Å². The Morgan fingerprint density at radius 1 is 0.231 bits per heavy atom. The summed E-state index contributed by atoms with van der Waals surface area (Å²) in [5, 5.41) is 0. The van der Waals surface area contributed by atoms with E-state index >= 15 is 0 Å². The minimum atomic E-state index is 1.03. The molecule has 0 fully saturated rings. The second kappa shape index (κ2) is 30.6. The summed E-state index contributed by atoms with van der Waals surface area (Å²) in [4.78, 5) is 26.1. The Morgan fingerprint density at radius 3 is 1.13 bits per heavy atom. The SMILES string of the molecule is Cc1ccc(-c2ccccc2)nc1.Cc1cccc(-c2ccccc2)n1.Cc1cccnc1-c1ccccc1.Cc1ccnc(-c2ccccc2)c1.Cc1cnc(-c2ccccc2)cc1C.c1ccc(-c2ccccn2)cc1. The van der Waals surface area contributed by atoms with Crippen LogP contribution >= 0.6 is 0 Å². The quantitative estimate of drug-likeness (QED) is 0.165. The second-order valence-corrected chi connectivity index (χ2v) is 18.3. The molecule has 0 amide bonds. The molecular formula is C72H66N6. The molecular weight excluding hydrogens is 949 g/mol. The van der Waals surface area contributed by atoms with E-state index in [0.717, 1.165) is 45.4 Å². The Labute approximate surface area is 462 Å². The average Bonchev–Trinajstić information content (AvgIpc) is 3.51. The maximum Gasteiger partial charge on any atom is 0.0731 e. The molecule has 0 aliphatic rings. The smallest absolute Gasteiger partial charge is 0.0731 e. The van der Waals surface area contributed by atoms with Gasteiger partial charge >= 0.3 is 0 Å². The van der Waals surface area contributed by atoms with Crippen molar-refractivity contribution >= 4 is 0 Å². The van der Waals surface area contributed by atoms with Crippen LogP contribution in [0.5, 0.6) is 0 Å². The fraction of sp³-hybridized carbons (Fsp3) is 0.0833. The molecule has 0 spiro atoms. The molecule has 0 bridgehead atoms. The highest BCUT2D eigenvalue weighted by Crippen LogP contribution is 2.22. The van der Waals surface area contributed by atoms with E-state index in [1.54, 1.807) is 0 Å². The Morgan fingerprint density at radius 2 is 0.667 bits per heavy atom. The monoisotopic (exact) mass is 1010 g/mol. The number of pyridine rings is 6. The van der Waals surface area contributed by atoms with Crippen LogP contribution in [0.2, 0.25) is 0 Å². The van der Waals surface area contributed by atoms with Crippen molar-refractivity contribution in [2.75, 3.05) is 0 Å². The molecule has 0 saturated heterocycles. The van der Waals surface area contributed by atoms with Crippen LogP contribution in [0.3, 0.4) is 0 Å². The summed E-state index contributed by atoms with van der Waals surface area (Å²) in [6.07, 6.45) is 9.30. The zero-order valence-corrected chi connectivity index (χ0v) is 45.4. The summed E-state index contributed by atoms with van der Waals surface area (Å²) in [5.41, 5.74) is 20.5. The Kier molecular flexibility index (Phi) is 21.9. The minimum absolute atomic E-state index is 1.03. The lowest BCUT2D eigenvalue weighted by Gasteiger charge is -2.03. The van der Waals surface area contributed by atoms with Gasteiger partial charge in [-0.2, -0.15) is 0 Å². The first-order chi connectivity index (χ1) is 38.2. The second-order valence-electron chi connectivity index (χ2n) is 18.3. The van der Waals surface area contributed by atoms with Crippen LogP contribution in [0.1, 0.15) is 33.5 Å². The highest BCUT2D eigenvalue weighted by atomic mass is 14.7. The number of nitrogens with zero attached hydrogens (tertiary/aromatic N) is 6. The van der Waals surface area contributed by atoms with Crippen molar-refractivity contribution in [1.82, 2.24) is 29.9 Å². The van der Waals surface area contributed by atoms with Crippen molar-refractivity contribution in [3.05, 3.63) is 325 Å². The fourth-order valence-electron chi connectivity index (χ4n) is 7.78. The summed E-state index contributed by atoms with van der Waals surface area (Å²) in [7, 11) is 0. The first kappa shape index (κ1) is 56.0. The van der Waals surface area contributed by atoms with Gasteiger partial charge in [-0.3, -0.25) is 29.9 Å². The maximum atomic E-state index is 4.44. The van der Waals surface area contributed by atoms with E-state index in [4.69, 9.17) is 0 Å². The third-order valence-corrected chi connectivity index (χ3v) is 12.2. The van der Waals surface area contributed by atoms with Gasteiger partial charge in [0.05, 0.1) is 34.2 Å². The highest BCUT2D eigenvalue weighted by molar-refractivity contribution is 5.64. The number of benzene rings is 6. The Hall–Kier alpha value is -9.78. The molecule has 6 heteroatoms. The topological polar surface area (TPSA) is 77.3 Å². The normalized spacial score (nSPS) is 9.92. The molecule has 0 aliphatic heterocycles. The van der Waals surface area contributed by atoms with E-state index in [1.807, 2.05) is 209 Å². The van der Waals surface area contributed by atoms with Crippen LogP contribution in [0.15, 0.2) is 292 Å². The fourth-order valence-corrected chi connectivity index (χ4v) is 7.78. The molecule has 6 aromatic heterocycles. The summed E-state index contributed by atoms with van der Waals surface area (Å²) in [6.45, 7) is 12.4. The third-order valence-electron chi connectivity index (χ3n) is 12.2. The summed E-state index contributed by atoms with van der Waals surface area (Å²) >= 11 is 0. The number of hydrogen-bond acceptors (Lipinski definition) is 6. The molecule has 6 nitrogen and oxygen atoms in total. The molecule has 0 radical (unpaired) electrons. The summed E-state index contributed by atoms with van der Waals surface area (Å²) in [5.74, 6) is 0. The predicted octanol–water partition coefficient (Wildman–Crippen LogP) is 18.3. The largest absolute Gasteiger partial charge is 0.256 e. The minimum Gasteiger partial charge on any atom is -0.256 e. The number of rotatable bonds is 6. The van der Waals surface area contributed by atoms with Crippen LogP contribution < -0.4 is 0 Å². The van der Waals surface area contributed by atoms with Gasteiger partial charge in [0, 0.05) is 70.1 Å². The number of hydrogen-bond donors (Lipinski definition) is 0. The van der Waals surface area contributed by atoms with Crippen LogP contribution in [0.25, 0.3) is 67.5 Å². The van der Waals surface area contributed by atoms with Gasteiger partial charge in [0.15, 0.2) is 0 Å². The van der Waals surface area contributed by atoms with Crippen molar-refractivity contribution in [3.8, 4) is 67.5 Å². The molecule has 6 aromatic carbocycles. The third kappa shape index (κ3) is 18.3. The molecule has 78 heavy (non-hydrogen) atoms. The van der Waals surface area contributed by atoms with Crippen molar-refractivity contribution in [2.45, 2.75) is 41.5 Å². The van der Waals surface area contributed by atoms with Gasteiger partial charge in [0.25, 0.3) is 0 Å². The van der Waals surface area contributed by atoms with Crippen molar-refractivity contribution in [2.24, 2.45) is 0 Å². The van der Waals surface area contributed by atoms with Crippen LogP contribution in [-0.2, 0) is 0 Å². The Balaban J connectivity index is 0.000000136. The van der Waals surface area contributed by atoms with Gasteiger partial charge in [0.1, 0.15) is 0 Å². The van der Waals surface area contributed by atoms with E-state index in [0.29, 0.717) is 0 Å². The maximum absolute atomic E-state index is 4.44. The van der Waals surface area contributed by atoms with E-state index in [-0.39, 0.29) is 0 Å². The van der Waals surface area contributed by atoms with E-state index in [9.17, 15) is 0 Å². The zero-order chi connectivity index (χ0) is 54.6. The first-order valence-corrected chi connectivity index (χ1v) is 26.1. The summed E-state index contributed by atoms with van der Waals surface area (Å²) in [6, 6.07) is 87.6. The van der Waals surface area contributed by atoms with E-state index < -0.39 is 0 Å². The van der Waals surface area contributed by atoms with E-state index in [2.05, 4.69) is 155 Å². The zero-order valence-electron chi connectivity index (χ0n) is 45.4. The first-order valence-electron chi connectivity index (χ1n) is 26.1. The molecule has 0 N–H and O–H groups in total. The standard InChI is InChI=1S/C13H13N.4C12H11N.C11H9N/c1-10-8-13(14-9-11(10)2)12-6-4-3-5-7-12;1-10-6-5-9-13-12(10)11-7-3-2-4-8-11;1-10-6-5-9-12(13-10)11-7-3-2-4-8-11;1-10-7-8-13-12(9-10)11-5-3-2-4-6-11;1-10-7-8-12(13-9-10)11-5-3-2-4-6-11;1-2-6-10(7-3-1)11-8-4-5-9-12-11/h3-9H,1-2H3;4*2-9H,1H3;1-9H. The van der Waals surface area contributed by atoms with Crippen molar-refractivity contribution < 1.29 is 0 Å². The molecule has 12 aromatic rings. The van der Waals surface area contributed by atoms with Crippen LogP contribution in [-0.4, -0.2) is 29.9 Å². The van der Waals surface area contributed by atoms with Crippen LogP contribution in [0, 0.1) is 41.5 Å². The molecule has 0 aliphatic carbocycles. The van der Waals surface area contributed by atoms with Gasteiger partial charge in [-0.25, -0.2) is 0 Å². The molecule has 0 atom stereocenters. The van der Waals surface area contributed by atoms with E-state index in [1.165, 1.54) is 55.6 Å². The number of aryl methyl sites for hydroxylation is 6. The van der Waals surface area contributed by atoms with Crippen LogP contribution in [0.4, 0.5) is 0 Å².